The van der Waals surface area contributed by atoms with Crippen molar-refractivity contribution in [3.8, 4) is 11.1 Å². The fraction of sp³-hybridized carbons (Fsp3) is 0. The van der Waals surface area contributed by atoms with Crippen LogP contribution < -0.4 is 16.4 Å². The van der Waals surface area contributed by atoms with Gasteiger partial charge >= 0.3 is 12.0 Å². The largest absolute Gasteiger partial charge is 0.478 e. The molecular weight excluding hydrogens is 366 g/mol. The third kappa shape index (κ3) is 3.96. The number of nitrogens with one attached hydrogen (secondary N) is 2. The van der Waals surface area contributed by atoms with E-state index in [9.17, 15) is 19.5 Å². The molecule has 0 radical (unpaired) electrons. The number of amides is 3. The Hall–Kier alpha value is -3.65. The van der Waals surface area contributed by atoms with Crippen molar-refractivity contribution in [1.82, 2.24) is 0 Å². The average molecular weight is 381 g/mol. The number of hydrogen-bond acceptors (Lipinski definition) is 4. The van der Waals surface area contributed by atoms with Gasteiger partial charge in [-0.25, -0.2) is 9.59 Å². The summed E-state index contributed by atoms with van der Waals surface area (Å²) in [6.45, 7) is 0. The van der Waals surface area contributed by atoms with E-state index in [2.05, 4.69) is 10.6 Å². The molecule has 8 heteroatoms. The van der Waals surface area contributed by atoms with Crippen LogP contribution in [0.2, 0.25) is 0 Å². The molecule has 3 amide bonds. The highest BCUT2D eigenvalue weighted by molar-refractivity contribution is 7.14. The molecular formula is C19H15N3O4S. The minimum atomic E-state index is -1.17. The smallest absolute Gasteiger partial charge is 0.337 e. The van der Waals surface area contributed by atoms with Crippen molar-refractivity contribution in [3.63, 3.8) is 0 Å². The first kappa shape index (κ1) is 18.2. The molecule has 0 bridgehead atoms. The maximum Gasteiger partial charge on any atom is 0.337 e. The Kier molecular flexibility index (Phi) is 5.18. The van der Waals surface area contributed by atoms with Crippen LogP contribution in [0.1, 0.15) is 20.7 Å². The van der Waals surface area contributed by atoms with Crippen LogP contribution in [0.15, 0.2) is 60.0 Å². The van der Waals surface area contributed by atoms with Crippen LogP contribution in [0.25, 0.3) is 11.1 Å². The van der Waals surface area contributed by atoms with E-state index in [1.165, 1.54) is 12.1 Å². The van der Waals surface area contributed by atoms with Crippen molar-refractivity contribution in [1.29, 1.82) is 0 Å². The Labute approximate surface area is 158 Å². The molecule has 0 unspecified atom stereocenters. The van der Waals surface area contributed by atoms with Gasteiger partial charge in [-0.2, -0.15) is 0 Å². The minimum Gasteiger partial charge on any atom is -0.478 e. The predicted molar refractivity (Wildman–Crippen MR) is 104 cm³/mol. The number of carboxylic acids is 1. The highest BCUT2D eigenvalue weighted by atomic mass is 32.1. The fourth-order valence-electron chi connectivity index (χ4n) is 2.57. The summed E-state index contributed by atoms with van der Waals surface area (Å²) in [5, 5.41) is 16.5. The van der Waals surface area contributed by atoms with Crippen molar-refractivity contribution in [2.24, 2.45) is 5.73 Å². The van der Waals surface area contributed by atoms with Gasteiger partial charge in [0.05, 0.1) is 16.8 Å². The highest BCUT2D eigenvalue weighted by Crippen LogP contribution is 2.31. The molecule has 0 aliphatic carbocycles. The van der Waals surface area contributed by atoms with Crippen LogP contribution in [0.4, 0.5) is 15.5 Å². The zero-order chi connectivity index (χ0) is 19.4. The Balaban J connectivity index is 1.95. The van der Waals surface area contributed by atoms with Gasteiger partial charge in [0.2, 0.25) is 0 Å². The number of rotatable bonds is 5. The van der Waals surface area contributed by atoms with Gasteiger partial charge < -0.3 is 16.2 Å². The SMILES string of the molecule is NC(=O)c1ccsc1NC(=O)Nc1c(C(=O)O)cccc1-c1ccccc1. The van der Waals surface area contributed by atoms with Crippen LogP contribution in [0.3, 0.4) is 0 Å². The summed E-state index contributed by atoms with van der Waals surface area (Å²) in [6, 6.07) is 14.7. The number of carboxylic acid groups (broad SMARTS) is 1. The lowest BCUT2D eigenvalue weighted by molar-refractivity contribution is 0.0697. The lowest BCUT2D eigenvalue weighted by Gasteiger charge is -2.15. The summed E-state index contributed by atoms with van der Waals surface area (Å²) in [5.41, 5.74) is 6.88. The van der Waals surface area contributed by atoms with Crippen molar-refractivity contribution in [2.75, 3.05) is 10.6 Å². The molecule has 7 nitrogen and oxygen atoms in total. The van der Waals surface area contributed by atoms with Crippen molar-refractivity contribution in [2.45, 2.75) is 0 Å². The number of carbonyl (C=O) groups is 3. The van der Waals surface area contributed by atoms with Crippen LogP contribution in [0.5, 0.6) is 0 Å². The number of para-hydroxylation sites is 1. The molecule has 1 heterocycles. The molecule has 0 spiro atoms. The van der Waals surface area contributed by atoms with Crippen molar-refractivity contribution < 1.29 is 19.5 Å². The maximum absolute atomic E-state index is 12.5. The topological polar surface area (TPSA) is 122 Å². The van der Waals surface area contributed by atoms with Gasteiger partial charge in [0.25, 0.3) is 5.91 Å². The molecule has 0 aliphatic heterocycles. The van der Waals surface area contributed by atoms with E-state index in [1.807, 2.05) is 30.3 Å². The minimum absolute atomic E-state index is 0.0483. The molecule has 0 aliphatic rings. The van der Waals surface area contributed by atoms with Gasteiger partial charge in [0, 0.05) is 5.56 Å². The second-order valence-corrected chi connectivity index (χ2v) is 6.42. The van der Waals surface area contributed by atoms with Gasteiger partial charge in [-0.15, -0.1) is 11.3 Å². The molecule has 0 saturated carbocycles. The highest BCUT2D eigenvalue weighted by Gasteiger charge is 2.19. The molecule has 3 aromatic rings. The Bertz CT molecular complexity index is 1010. The molecule has 0 saturated heterocycles. The average Bonchev–Trinajstić information content (AvgIpc) is 3.10. The molecule has 136 valence electrons. The summed E-state index contributed by atoms with van der Waals surface area (Å²) in [4.78, 5) is 35.5. The van der Waals surface area contributed by atoms with Gasteiger partial charge in [-0.05, 0) is 23.1 Å². The molecule has 0 fully saturated rings. The predicted octanol–water partition coefficient (Wildman–Crippen LogP) is 3.86. The Morgan fingerprint density at radius 1 is 0.889 bits per heavy atom. The molecule has 2 aromatic carbocycles. The monoisotopic (exact) mass is 381 g/mol. The van der Waals surface area contributed by atoms with E-state index in [4.69, 9.17) is 5.73 Å². The first-order chi connectivity index (χ1) is 13.0. The zero-order valence-electron chi connectivity index (χ0n) is 13.9. The molecule has 1 aromatic heterocycles. The molecule has 0 atom stereocenters. The van der Waals surface area contributed by atoms with E-state index < -0.39 is 17.9 Å². The maximum atomic E-state index is 12.5. The normalized spacial score (nSPS) is 10.2. The van der Waals surface area contributed by atoms with E-state index in [-0.39, 0.29) is 21.8 Å². The van der Waals surface area contributed by atoms with Gasteiger partial charge in [-0.3, -0.25) is 10.1 Å². The van der Waals surface area contributed by atoms with E-state index in [0.717, 1.165) is 16.9 Å². The zero-order valence-corrected chi connectivity index (χ0v) is 14.7. The first-order valence-corrected chi connectivity index (χ1v) is 8.72. The summed E-state index contributed by atoms with van der Waals surface area (Å²) >= 11 is 1.14. The summed E-state index contributed by atoms with van der Waals surface area (Å²) in [6.07, 6.45) is 0. The number of nitrogens with two attached hydrogens (primary N) is 1. The fourth-order valence-corrected chi connectivity index (χ4v) is 3.36. The second-order valence-electron chi connectivity index (χ2n) is 5.51. The molecule has 27 heavy (non-hydrogen) atoms. The van der Waals surface area contributed by atoms with Crippen molar-refractivity contribution in [3.05, 3.63) is 71.1 Å². The molecule has 3 rings (SSSR count). The van der Waals surface area contributed by atoms with E-state index in [1.54, 1.807) is 17.5 Å². The van der Waals surface area contributed by atoms with Crippen LogP contribution in [-0.4, -0.2) is 23.0 Å². The number of anilines is 2. The lowest BCUT2D eigenvalue weighted by atomic mass is 10.00. The number of aromatic carboxylic acids is 1. The number of primary amides is 1. The van der Waals surface area contributed by atoms with Gasteiger partial charge in [0.1, 0.15) is 5.00 Å². The summed E-state index contributed by atoms with van der Waals surface area (Å²) < 4.78 is 0. The third-order valence-corrected chi connectivity index (χ3v) is 4.61. The number of thiophene rings is 1. The number of urea groups is 1. The summed E-state index contributed by atoms with van der Waals surface area (Å²) in [7, 11) is 0. The third-order valence-electron chi connectivity index (χ3n) is 3.78. The number of benzene rings is 2. The number of carbonyl (C=O) groups excluding carboxylic acids is 2. The first-order valence-electron chi connectivity index (χ1n) is 7.84. The van der Waals surface area contributed by atoms with Crippen LogP contribution >= 0.6 is 11.3 Å². The van der Waals surface area contributed by atoms with E-state index in [0.29, 0.717) is 5.56 Å². The quantitative estimate of drug-likeness (QED) is 0.536. The van der Waals surface area contributed by atoms with Crippen LogP contribution in [-0.2, 0) is 0 Å². The Morgan fingerprint density at radius 3 is 2.30 bits per heavy atom. The van der Waals surface area contributed by atoms with E-state index >= 15 is 0 Å². The van der Waals surface area contributed by atoms with Gasteiger partial charge in [0.15, 0.2) is 0 Å². The Morgan fingerprint density at radius 2 is 1.63 bits per heavy atom. The molecule has 5 N–H and O–H groups in total. The van der Waals surface area contributed by atoms with Crippen molar-refractivity contribution >= 4 is 39.9 Å². The summed E-state index contributed by atoms with van der Waals surface area (Å²) in [5.74, 6) is -1.83. The lowest BCUT2D eigenvalue weighted by Crippen LogP contribution is -2.23. The van der Waals surface area contributed by atoms with Crippen LogP contribution in [0, 0.1) is 0 Å². The second kappa shape index (κ2) is 7.71. The standard InChI is InChI=1S/C19H15N3O4S/c20-16(23)14-9-10-27-17(14)22-19(26)21-15-12(11-5-2-1-3-6-11)7-4-8-13(15)18(24)25/h1-10H,(H2,20,23)(H,24,25)(H2,21,22,26). The van der Waals surface area contributed by atoms with Gasteiger partial charge in [-0.1, -0.05) is 42.5 Å². The number of hydrogen-bond donors (Lipinski definition) is 4.